The maximum Gasteiger partial charge on any atom is 0.330 e. The molecule has 0 saturated heterocycles. The number of hydrogen-bond acceptors (Lipinski definition) is 13. The fraction of sp³-hybridized carbons (Fsp3) is 0.451. The van der Waals surface area contributed by atoms with Crippen LogP contribution in [0.15, 0.2) is 97.1 Å². The third-order valence-electron chi connectivity index (χ3n) is 11.9. The number of hydrazone groups is 1. The highest BCUT2D eigenvalue weighted by atomic mass is 32.1. The number of ether oxygens (including phenoxy) is 5. The Kier molecular flexibility index (Phi) is 18.5. The molecule has 0 bridgehead atoms. The predicted octanol–water partition coefficient (Wildman–Crippen LogP) is 10.9. The van der Waals surface area contributed by atoms with Gasteiger partial charge in [-0.1, -0.05) is 75.3 Å². The number of carbonyl (C=O) groups excluding carboxylic acids is 4. The second-order valence-electron chi connectivity index (χ2n) is 16.5. The summed E-state index contributed by atoms with van der Waals surface area (Å²) in [5, 5.41) is 7.45. The van der Waals surface area contributed by atoms with Crippen LogP contribution in [0, 0.1) is 17.8 Å². The van der Waals surface area contributed by atoms with Gasteiger partial charge in [0, 0.05) is 37.1 Å². The smallest absolute Gasteiger partial charge is 0.330 e. The standard InChI is InChI=1S/C51H61N3O9S/c1-4-7-8-13-36-16-18-37(19-17-36)40-24-29-45(41(34-40)35-52-54(30-11-31-60-47(55)5-2)51-53-44-14-9-10-15-46(44)64-51)63-50(58)39-22-20-38(21-23-39)49(57)62-43-27-25-42(26-28-43)59-32-12-33-61-48(56)6-3/h5-6,9-10,14-15,24-29,34-39H,2-4,7-8,11-13,16-23,30-33H2,1H3/b52-35+. The predicted molar refractivity (Wildman–Crippen MR) is 250 cm³/mol. The van der Waals surface area contributed by atoms with E-state index in [0.29, 0.717) is 85.5 Å². The van der Waals surface area contributed by atoms with Crippen LogP contribution in [0.3, 0.4) is 0 Å². The van der Waals surface area contributed by atoms with Crippen molar-refractivity contribution < 1.29 is 42.9 Å². The van der Waals surface area contributed by atoms with Gasteiger partial charge in [0.05, 0.1) is 48.1 Å². The Labute approximate surface area is 380 Å². The normalized spacial score (nSPS) is 18.5. The highest BCUT2D eigenvalue weighted by molar-refractivity contribution is 7.22. The molecule has 1 aromatic heterocycles. The third-order valence-corrected chi connectivity index (χ3v) is 13.0. The Morgan fingerprint density at radius 1 is 0.750 bits per heavy atom. The lowest BCUT2D eigenvalue weighted by molar-refractivity contribution is -0.145. The molecule has 3 aromatic carbocycles. The quantitative estimate of drug-likeness (QED) is 0.0175. The van der Waals surface area contributed by atoms with Crippen molar-refractivity contribution in [1.29, 1.82) is 0 Å². The molecule has 340 valence electrons. The summed E-state index contributed by atoms with van der Waals surface area (Å²) in [7, 11) is 0. The maximum atomic E-state index is 13.8. The van der Waals surface area contributed by atoms with Crippen molar-refractivity contribution in [2.75, 3.05) is 31.4 Å². The highest BCUT2D eigenvalue weighted by Gasteiger charge is 2.33. The van der Waals surface area contributed by atoms with Crippen molar-refractivity contribution >= 4 is 56.8 Å². The van der Waals surface area contributed by atoms with Crippen LogP contribution in [-0.4, -0.2) is 61.4 Å². The molecule has 0 amide bonds. The lowest BCUT2D eigenvalue weighted by atomic mass is 9.77. The summed E-state index contributed by atoms with van der Waals surface area (Å²) in [5.74, 6) is 0.322. The van der Waals surface area contributed by atoms with Crippen LogP contribution >= 0.6 is 11.3 Å². The fourth-order valence-electron chi connectivity index (χ4n) is 8.27. The Morgan fingerprint density at radius 3 is 2.08 bits per heavy atom. The average Bonchev–Trinajstić information content (AvgIpc) is 3.76. The summed E-state index contributed by atoms with van der Waals surface area (Å²) in [6.45, 7) is 10.3. The zero-order chi connectivity index (χ0) is 45.1. The lowest BCUT2D eigenvalue weighted by Crippen LogP contribution is -2.30. The zero-order valence-electron chi connectivity index (χ0n) is 37.0. The van der Waals surface area contributed by atoms with Crippen molar-refractivity contribution in [2.24, 2.45) is 22.9 Å². The number of rotatable bonds is 23. The Morgan fingerprint density at radius 2 is 1.41 bits per heavy atom. The molecule has 2 saturated carbocycles. The van der Waals surface area contributed by atoms with Gasteiger partial charge in [-0.15, -0.1) is 0 Å². The number of para-hydroxylation sites is 1. The van der Waals surface area contributed by atoms with Gasteiger partial charge in [0.2, 0.25) is 5.13 Å². The largest absolute Gasteiger partial charge is 0.493 e. The number of carbonyl (C=O) groups is 4. The first-order chi connectivity index (χ1) is 31.2. The van der Waals surface area contributed by atoms with E-state index in [1.54, 1.807) is 30.5 Å². The molecule has 1 heterocycles. The van der Waals surface area contributed by atoms with Crippen molar-refractivity contribution in [1.82, 2.24) is 4.98 Å². The molecular formula is C51H61N3O9S. The molecule has 13 heteroatoms. The van der Waals surface area contributed by atoms with Gasteiger partial charge in [-0.3, -0.25) is 9.59 Å². The van der Waals surface area contributed by atoms with E-state index in [4.69, 9.17) is 33.8 Å². The van der Waals surface area contributed by atoms with E-state index in [0.717, 1.165) is 41.1 Å². The molecule has 0 radical (unpaired) electrons. The number of nitrogens with zero attached hydrogens (tertiary/aromatic N) is 3. The summed E-state index contributed by atoms with van der Waals surface area (Å²) in [6.07, 6.45) is 16.9. The Bertz CT molecular complexity index is 2170. The van der Waals surface area contributed by atoms with Crippen LogP contribution < -0.4 is 19.2 Å². The van der Waals surface area contributed by atoms with Crippen LogP contribution in [0.1, 0.15) is 114 Å². The molecule has 12 nitrogen and oxygen atoms in total. The number of anilines is 1. The monoisotopic (exact) mass is 891 g/mol. The van der Waals surface area contributed by atoms with E-state index < -0.39 is 11.9 Å². The summed E-state index contributed by atoms with van der Waals surface area (Å²) in [5.41, 5.74) is 2.77. The molecule has 4 aromatic rings. The van der Waals surface area contributed by atoms with E-state index in [9.17, 15) is 19.2 Å². The number of aromatic nitrogens is 1. The van der Waals surface area contributed by atoms with E-state index in [-0.39, 0.29) is 37.0 Å². The fourth-order valence-corrected chi connectivity index (χ4v) is 9.22. The van der Waals surface area contributed by atoms with Gasteiger partial charge in [-0.2, -0.15) is 5.10 Å². The van der Waals surface area contributed by atoms with E-state index >= 15 is 0 Å². The van der Waals surface area contributed by atoms with Crippen LogP contribution in [0.5, 0.6) is 17.2 Å². The maximum absolute atomic E-state index is 13.8. The SMILES string of the molecule is C=CC(=O)OCCCOc1ccc(OC(=O)C2CCC(C(=O)Oc3ccc(C4CCC(CCCCC)CC4)cc3/C=N/N(CCCOC(=O)C=C)c3nc4ccccc4s3)CC2)cc1. The molecule has 0 spiro atoms. The van der Waals surface area contributed by atoms with Gasteiger partial charge in [-0.25, -0.2) is 19.6 Å². The second kappa shape index (κ2) is 24.9. The molecule has 2 aliphatic carbocycles. The van der Waals surface area contributed by atoms with Crippen LogP contribution in [-0.2, 0) is 28.7 Å². The number of benzene rings is 3. The van der Waals surface area contributed by atoms with Crippen molar-refractivity contribution in [3.63, 3.8) is 0 Å². The first-order valence-corrected chi connectivity index (χ1v) is 23.6. The second-order valence-corrected chi connectivity index (χ2v) is 17.5. The van der Waals surface area contributed by atoms with E-state index in [1.807, 2.05) is 35.3 Å². The lowest BCUT2D eigenvalue weighted by Gasteiger charge is -2.29. The van der Waals surface area contributed by atoms with Gasteiger partial charge < -0.3 is 23.7 Å². The molecule has 0 aliphatic heterocycles. The van der Waals surface area contributed by atoms with Gasteiger partial charge in [0.25, 0.3) is 0 Å². The molecular weight excluding hydrogens is 831 g/mol. The minimum atomic E-state index is -0.477. The minimum Gasteiger partial charge on any atom is -0.493 e. The molecule has 2 fully saturated rings. The molecule has 0 unspecified atom stereocenters. The third kappa shape index (κ3) is 14.4. The number of unbranched alkanes of at least 4 members (excludes halogenated alkanes) is 2. The van der Waals surface area contributed by atoms with Crippen molar-refractivity contribution in [3.8, 4) is 17.2 Å². The Hall–Kier alpha value is -5.82. The molecule has 0 atom stereocenters. The topological polar surface area (TPSA) is 143 Å². The first-order valence-electron chi connectivity index (χ1n) is 22.8. The summed E-state index contributed by atoms with van der Waals surface area (Å²) in [4.78, 5) is 54.8. The van der Waals surface area contributed by atoms with Crippen LogP contribution in [0.4, 0.5) is 5.13 Å². The zero-order valence-corrected chi connectivity index (χ0v) is 37.8. The highest BCUT2D eigenvalue weighted by Crippen LogP contribution is 2.40. The number of hydrogen-bond donors (Lipinski definition) is 0. The van der Waals surface area contributed by atoms with Crippen molar-refractivity contribution in [3.05, 3.63) is 103 Å². The van der Waals surface area contributed by atoms with Crippen LogP contribution in [0.25, 0.3) is 10.2 Å². The number of fused-ring (bicyclic) bond motifs is 1. The number of esters is 4. The molecule has 6 rings (SSSR count). The van der Waals surface area contributed by atoms with Gasteiger partial charge in [0.1, 0.15) is 17.2 Å². The average molecular weight is 892 g/mol. The summed E-state index contributed by atoms with van der Waals surface area (Å²) < 4.78 is 28.8. The van der Waals surface area contributed by atoms with E-state index in [1.165, 1.54) is 55.4 Å². The number of thiazole rings is 1. The first kappa shape index (κ1) is 47.7. The van der Waals surface area contributed by atoms with Gasteiger partial charge in [0.15, 0.2) is 0 Å². The van der Waals surface area contributed by atoms with Crippen LogP contribution in [0.2, 0.25) is 0 Å². The Balaban J connectivity index is 1.10. The van der Waals surface area contributed by atoms with E-state index in [2.05, 4.69) is 32.2 Å². The molecule has 2 aliphatic rings. The molecule has 0 N–H and O–H groups in total. The van der Waals surface area contributed by atoms with Gasteiger partial charge >= 0.3 is 23.9 Å². The summed E-state index contributed by atoms with van der Waals surface area (Å²) >= 11 is 1.52. The van der Waals surface area contributed by atoms with Gasteiger partial charge in [-0.05, 0) is 117 Å². The van der Waals surface area contributed by atoms with Crippen molar-refractivity contribution in [2.45, 2.75) is 103 Å². The summed E-state index contributed by atoms with van der Waals surface area (Å²) in [6, 6.07) is 20.8. The molecule has 64 heavy (non-hydrogen) atoms. The minimum absolute atomic E-state index is 0.198.